The molecule has 0 amide bonds. The van der Waals surface area contributed by atoms with Gasteiger partial charge in [0.2, 0.25) is 5.43 Å². The van der Waals surface area contributed by atoms with Crippen LogP contribution >= 0.6 is 11.6 Å². The lowest BCUT2D eigenvalue weighted by Crippen LogP contribution is -2.48. The van der Waals surface area contributed by atoms with Crippen LogP contribution in [0.4, 0.5) is 14.5 Å². The van der Waals surface area contributed by atoms with Crippen LogP contribution in [0.15, 0.2) is 46.5 Å². The summed E-state index contributed by atoms with van der Waals surface area (Å²) in [6.07, 6.45) is 1.09. The van der Waals surface area contributed by atoms with Gasteiger partial charge in [-0.1, -0.05) is 28.9 Å². The molecule has 8 nitrogen and oxygen atoms in total. The van der Waals surface area contributed by atoms with Crippen molar-refractivity contribution in [2.75, 3.05) is 37.6 Å². The molecule has 4 rings (SSSR count). The molecule has 1 fully saturated rings. The molecule has 3 aromatic rings. The van der Waals surface area contributed by atoms with Gasteiger partial charge in [-0.15, -0.1) is 0 Å². The second kappa shape index (κ2) is 10.0. The molecule has 0 aliphatic carbocycles. The molecule has 0 unspecified atom stereocenters. The molecule has 2 aromatic carbocycles. The minimum Gasteiger partial charge on any atom is -0.477 e. The minimum atomic E-state index is -1.45. The maximum absolute atomic E-state index is 15.6. The van der Waals surface area contributed by atoms with E-state index in [1.54, 1.807) is 36.1 Å². The van der Waals surface area contributed by atoms with Gasteiger partial charge in [-0.25, -0.2) is 13.6 Å². The normalized spacial score (nSPS) is 15.1. The minimum absolute atomic E-state index is 0.126. The van der Waals surface area contributed by atoms with Gasteiger partial charge in [0.15, 0.2) is 5.82 Å². The van der Waals surface area contributed by atoms with E-state index >= 15 is 8.78 Å². The number of anilines is 1. The zero-order valence-electron chi connectivity index (χ0n) is 18.8. The van der Waals surface area contributed by atoms with Gasteiger partial charge in [-0.2, -0.15) is 0 Å². The Hall–Kier alpha value is -3.50. The van der Waals surface area contributed by atoms with Gasteiger partial charge in [-0.3, -0.25) is 9.69 Å². The van der Waals surface area contributed by atoms with Crippen molar-refractivity contribution in [1.82, 2.24) is 9.47 Å². The van der Waals surface area contributed by atoms with Crippen LogP contribution in [0, 0.1) is 11.6 Å². The highest BCUT2D eigenvalue weighted by Gasteiger charge is 2.27. The number of hydrogen-bond acceptors (Lipinski definition) is 6. The van der Waals surface area contributed by atoms with Gasteiger partial charge < -0.3 is 19.8 Å². The summed E-state index contributed by atoms with van der Waals surface area (Å²) in [4.78, 5) is 27.5. The number of halogens is 3. The molecule has 1 saturated heterocycles. The SMILES string of the molecule is CCn1cc(C(=O)O)c(=O)c2cc(F)c(N3CCN(C/C(=N/O)c4ccc(Cl)cc4)CC3)c(F)c21. The summed E-state index contributed by atoms with van der Waals surface area (Å²) in [6.45, 7) is 3.69. The Bertz CT molecular complexity index is 1370. The predicted octanol–water partition coefficient (Wildman–Crippen LogP) is 3.65. The van der Waals surface area contributed by atoms with Gasteiger partial charge in [0.05, 0.1) is 10.9 Å². The van der Waals surface area contributed by atoms with E-state index in [9.17, 15) is 19.9 Å². The number of benzene rings is 2. The Morgan fingerprint density at radius 2 is 1.80 bits per heavy atom. The molecule has 2 heterocycles. The summed E-state index contributed by atoms with van der Waals surface area (Å²) >= 11 is 5.91. The van der Waals surface area contributed by atoms with Crippen LogP contribution in [0.3, 0.4) is 0 Å². The van der Waals surface area contributed by atoms with Crippen LogP contribution in [0.5, 0.6) is 0 Å². The van der Waals surface area contributed by atoms with Crippen LogP contribution < -0.4 is 10.3 Å². The topological polar surface area (TPSA) is 98.4 Å². The fourth-order valence-electron chi connectivity index (χ4n) is 4.33. The maximum Gasteiger partial charge on any atom is 0.341 e. The van der Waals surface area contributed by atoms with Crippen molar-refractivity contribution < 1.29 is 23.9 Å². The van der Waals surface area contributed by atoms with Crippen molar-refractivity contribution >= 4 is 39.9 Å². The van der Waals surface area contributed by atoms with Crippen LogP contribution in [0.2, 0.25) is 5.02 Å². The first kappa shape index (κ1) is 24.6. The fraction of sp³-hybridized carbons (Fsp3) is 0.292. The van der Waals surface area contributed by atoms with Gasteiger partial charge in [0, 0.05) is 56.1 Å². The standard InChI is InChI=1S/C24H23ClF2N4O4/c1-2-30-12-17(24(33)34)23(32)16-11-18(26)22(20(27)21(16)30)31-9-7-29(8-10-31)13-19(28-35)14-3-5-15(25)6-4-14/h3-6,11-12,35H,2,7-10,13H2,1H3,(H,33,34)/b28-19-. The lowest BCUT2D eigenvalue weighted by atomic mass is 10.1. The van der Waals surface area contributed by atoms with Gasteiger partial charge >= 0.3 is 5.97 Å². The summed E-state index contributed by atoms with van der Waals surface area (Å²) in [5.74, 6) is -3.28. The number of piperazine rings is 1. The number of nitrogens with zero attached hydrogens (tertiary/aromatic N) is 4. The lowest BCUT2D eigenvalue weighted by molar-refractivity contribution is 0.0694. The quantitative estimate of drug-likeness (QED) is 0.302. The summed E-state index contributed by atoms with van der Waals surface area (Å²) in [5.41, 5.74) is -0.691. The number of pyridine rings is 1. The zero-order chi connectivity index (χ0) is 25.3. The van der Waals surface area contributed by atoms with E-state index in [0.717, 1.165) is 12.3 Å². The molecule has 2 N–H and O–H groups in total. The van der Waals surface area contributed by atoms with E-state index in [0.29, 0.717) is 49.0 Å². The molecule has 1 aromatic heterocycles. The average Bonchev–Trinajstić information content (AvgIpc) is 2.84. The summed E-state index contributed by atoms with van der Waals surface area (Å²) in [7, 11) is 0. The Balaban J connectivity index is 1.59. The number of carboxylic acids is 1. The molecule has 1 aliphatic heterocycles. The third-order valence-electron chi connectivity index (χ3n) is 6.16. The molecule has 0 radical (unpaired) electrons. The number of aryl methyl sites for hydroxylation is 1. The molecular weight excluding hydrogens is 482 g/mol. The maximum atomic E-state index is 15.6. The lowest BCUT2D eigenvalue weighted by Gasteiger charge is -2.36. The van der Waals surface area contributed by atoms with E-state index in [-0.39, 0.29) is 23.1 Å². The number of aromatic nitrogens is 1. The average molecular weight is 505 g/mol. The van der Waals surface area contributed by atoms with Crippen LogP contribution in [-0.2, 0) is 6.54 Å². The number of rotatable bonds is 6. The van der Waals surface area contributed by atoms with Crippen molar-refractivity contribution in [2.45, 2.75) is 13.5 Å². The number of hydrogen-bond donors (Lipinski definition) is 2. The predicted molar refractivity (Wildman–Crippen MR) is 129 cm³/mol. The number of fused-ring (bicyclic) bond motifs is 1. The molecule has 0 atom stereocenters. The molecule has 11 heteroatoms. The number of oxime groups is 1. The summed E-state index contributed by atoms with van der Waals surface area (Å²) in [6, 6.07) is 7.80. The van der Waals surface area contributed by atoms with Gasteiger partial charge in [-0.05, 0) is 25.1 Å². The van der Waals surface area contributed by atoms with Gasteiger partial charge in [0.25, 0.3) is 0 Å². The van der Waals surface area contributed by atoms with E-state index in [4.69, 9.17) is 11.6 Å². The third-order valence-corrected chi connectivity index (χ3v) is 6.41. The first-order valence-electron chi connectivity index (χ1n) is 11.0. The summed E-state index contributed by atoms with van der Waals surface area (Å²) < 4.78 is 32.0. The molecule has 0 spiro atoms. The Morgan fingerprint density at radius 3 is 2.37 bits per heavy atom. The monoisotopic (exact) mass is 504 g/mol. The second-order valence-corrected chi connectivity index (χ2v) is 8.63. The molecule has 184 valence electrons. The summed E-state index contributed by atoms with van der Waals surface area (Å²) in [5, 5.41) is 22.4. The molecular formula is C24H23ClF2N4O4. The van der Waals surface area contributed by atoms with Crippen molar-refractivity contribution in [3.05, 3.63) is 74.5 Å². The van der Waals surface area contributed by atoms with Crippen LogP contribution in [0.25, 0.3) is 10.9 Å². The van der Waals surface area contributed by atoms with E-state index < -0.39 is 28.6 Å². The van der Waals surface area contributed by atoms with Crippen molar-refractivity contribution in [2.24, 2.45) is 5.16 Å². The number of aromatic carboxylic acids is 1. The number of carboxylic acid groups (broad SMARTS) is 1. The van der Waals surface area contributed by atoms with Crippen molar-refractivity contribution in [3.63, 3.8) is 0 Å². The zero-order valence-corrected chi connectivity index (χ0v) is 19.6. The van der Waals surface area contributed by atoms with E-state index in [2.05, 4.69) is 5.16 Å². The molecule has 0 bridgehead atoms. The highest BCUT2D eigenvalue weighted by Crippen LogP contribution is 2.31. The highest BCUT2D eigenvalue weighted by atomic mass is 35.5. The van der Waals surface area contributed by atoms with Crippen LogP contribution in [-0.4, -0.2) is 64.2 Å². The van der Waals surface area contributed by atoms with Gasteiger partial charge in [0.1, 0.15) is 22.8 Å². The Kier molecular flexibility index (Phi) is 7.04. The van der Waals surface area contributed by atoms with E-state index in [1.807, 2.05) is 4.90 Å². The fourth-order valence-corrected chi connectivity index (χ4v) is 4.46. The van der Waals surface area contributed by atoms with E-state index in [1.165, 1.54) is 4.57 Å². The first-order valence-corrected chi connectivity index (χ1v) is 11.4. The second-order valence-electron chi connectivity index (χ2n) is 8.20. The molecule has 35 heavy (non-hydrogen) atoms. The third kappa shape index (κ3) is 4.71. The number of carbonyl (C=O) groups is 1. The highest BCUT2D eigenvalue weighted by molar-refractivity contribution is 6.30. The molecule has 0 saturated carbocycles. The first-order chi connectivity index (χ1) is 16.7. The largest absolute Gasteiger partial charge is 0.477 e. The molecule has 1 aliphatic rings. The smallest absolute Gasteiger partial charge is 0.341 e. The Labute approximate surface area is 204 Å². The Morgan fingerprint density at radius 1 is 1.14 bits per heavy atom. The van der Waals surface area contributed by atoms with Crippen molar-refractivity contribution in [1.29, 1.82) is 0 Å². The van der Waals surface area contributed by atoms with Crippen LogP contribution in [0.1, 0.15) is 22.8 Å². The van der Waals surface area contributed by atoms with Crippen molar-refractivity contribution in [3.8, 4) is 0 Å².